The Labute approximate surface area is 116 Å². The Morgan fingerprint density at radius 2 is 2.11 bits per heavy atom. The molecule has 0 unspecified atom stereocenters. The van der Waals surface area contributed by atoms with Crippen molar-refractivity contribution in [3.63, 3.8) is 0 Å². The smallest absolute Gasteiger partial charge is 0.241 e. The molecule has 1 aromatic heterocycles. The fourth-order valence-electron chi connectivity index (χ4n) is 1.54. The topological polar surface area (TPSA) is 71.3 Å². The number of hydrogen-bond donors (Lipinski definition) is 2. The van der Waals surface area contributed by atoms with Gasteiger partial charge in [-0.25, -0.2) is 13.1 Å². The Kier molecular flexibility index (Phi) is 4.14. The van der Waals surface area contributed by atoms with Gasteiger partial charge in [-0.2, -0.15) is 0 Å². The molecular weight excluding hydrogens is 288 g/mol. The third-order valence-corrected chi connectivity index (χ3v) is 4.43. The third-order valence-electron chi connectivity index (χ3n) is 2.54. The van der Waals surface area contributed by atoms with Crippen LogP contribution in [0.15, 0.2) is 45.9 Å². The molecule has 1 aromatic carbocycles. The standard InChI is InChI=1S/C12H13ClN2O3S/c1-14-19(16,17)12-5-4-9(7-11(12)13)15-8-10-3-2-6-18-10/h2-7,14-15H,8H2,1H3. The van der Waals surface area contributed by atoms with Crippen molar-refractivity contribution in [2.75, 3.05) is 12.4 Å². The van der Waals surface area contributed by atoms with E-state index in [1.807, 2.05) is 6.07 Å². The summed E-state index contributed by atoms with van der Waals surface area (Å²) in [6.07, 6.45) is 1.59. The summed E-state index contributed by atoms with van der Waals surface area (Å²) in [5.41, 5.74) is 0.719. The van der Waals surface area contributed by atoms with E-state index in [1.54, 1.807) is 24.5 Å². The number of nitrogens with one attached hydrogen (secondary N) is 2. The molecule has 5 nitrogen and oxygen atoms in total. The van der Waals surface area contributed by atoms with Crippen LogP contribution in [0, 0.1) is 0 Å². The van der Waals surface area contributed by atoms with E-state index in [4.69, 9.17) is 16.0 Å². The molecule has 102 valence electrons. The molecule has 0 aliphatic heterocycles. The molecule has 0 saturated carbocycles. The van der Waals surface area contributed by atoms with Gasteiger partial charge in [-0.05, 0) is 37.4 Å². The molecule has 0 aliphatic rings. The highest BCUT2D eigenvalue weighted by Crippen LogP contribution is 2.25. The molecule has 2 N–H and O–H groups in total. The van der Waals surface area contributed by atoms with Gasteiger partial charge in [0.2, 0.25) is 10.0 Å². The summed E-state index contributed by atoms with van der Waals surface area (Å²) in [5.74, 6) is 0.781. The van der Waals surface area contributed by atoms with Gasteiger partial charge in [-0.1, -0.05) is 11.6 Å². The number of furan rings is 1. The van der Waals surface area contributed by atoms with Gasteiger partial charge in [0.15, 0.2) is 0 Å². The van der Waals surface area contributed by atoms with E-state index < -0.39 is 10.0 Å². The summed E-state index contributed by atoms with van der Waals surface area (Å²) in [6, 6.07) is 8.31. The molecule has 0 radical (unpaired) electrons. The Morgan fingerprint density at radius 1 is 1.32 bits per heavy atom. The molecular formula is C12H13ClN2O3S. The van der Waals surface area contributed by atoms with E-state index in [1.165, 1.54) is 13.1 Å². The summed E-state index contributed by atoms with van der Waals surface area (Å²) >= 11 is 5.97. The zero-order valence-corrected chi connectivity index (χ0v) is 11.8. The van der Waals surface area contributed by atoms with Crippen LogP contribution in [0.1, 0.15) is 5.76 Å². The molecule has 2 aromatic rings. The van der Waals surface area contributed by atoms with Crippen LogP contribution in [0.5, 0.6) is 0 Å². The first-order valence-electron chi connectivity index (χ1n) is 5.52. The van der Waals surface area contributed by atoms with Crippen molar-refractivity contribution in [3.8, 4) is 0 Å². The summed E-state index contributed by atoms with van der Waals surface area (Å²) in [4.78, 5) is 0.0558. The lowest BCUT2D eigenvalue weighted by Crippen LogP contribution is -2.19. The van der Waals surface area contributed by atoms with Crippen LogP contribution in [-0.2, 0) is 16.6 Å². The summed E-state index contributed by atoms with van der Waals surface area (Å²) in [7, 11) is -2.19. The normalized spacial score (nSPS) is 11.5. The van der Waals surface area contributed by atoms with Crippen LogP contribution in [0.2, 0.25) is 5.02 Å². The number of halogens is 1. The van der Waals surface area contributed by atoms with Gasteiger partial charge in [0.25, 0.3) is 0 Å². The molecule has 0 fully saturated rings. The molecule has 0 bridgehead atoms. The monoisotopic (exact) mass is 300 g/mol. The molecule has 0 atom stereocenters. The Hall–Kier alpha value is -1.50. The highest BCUT2D eigenvalue weighted by molar-refractivity contribution is 7.89. The van der Waals surface area contributed by atoms with Crippen molar-refractivity contribution >= 4 is 27.3 Å². The van der Waals surface area contributed by atoms with E-state index in [-0.39, 0.29) is 9.92 Å². The van der Waals surface area contributed by atoms with Crippen LogP contribution in [0.4, 0.5) is 5.69 Å². The summed E-state index contributed by atoms with van der Waals surface area (Å²) in [5, 5.41) is 3.26. The SMILES string of the molecule is CNS(=O)(=O)c1ccc(NCc2ccco2)cc1Cl. The van der Waals surface area contributed by atoms with Crippen molar-refractivity contribution in [3.05, 3.63) is 47.4 Å². The van der Waals surface area contributed by atoms with Crippen LogP contribution >= 0.6 is 11.6 Å². The van der Waals surface area contributed by atoms with Crippen molar-refractivity contribution in [2.45, 2.75) is 11.4 Å². The van der Waals surface area contributed by atoms with Crippen LogP contribution in [0.3, 0.4) is 0 Å². The van der Waals surface area contributed by atoms with Crippen LogP contribution < -0.4 is 10.0 Å². The first-order chi connectivity index (χ1) is 9.03. The maximum Gasteiger partial charge on any atom is 0.241 e. The Morgan fingerprint density at radius 3 is 2.68 bits per heavy atom. The van der Waals surface area contributed by atoms with E-state index in [9.17, 15) is 8.42 Å². The van der Waals surface area contributed by atoms with E-state index in [0.717, 1.165) is 11.4 Å². The first kappa shape index (κ1) is 13.9. The molecule has 0 amide bonds. The Balaban J connectivity index is 2.15. The molecule has 0 spiro atoms. The van der Waals surface area contributed by atoms with E-state index in [0.29, 0.717) is 6.54 Å². The van der Waals surface area contributed by atoms with Crippen molar-refractivity contribution in [2.24, 2.45) is 0 Å². The molecule has 1 heterocycles. The second-order valence-electron chi connectivity index (χ2n) is 3.79. The molecule has 0 aliphatic carbocycles. The molecule has 0 saturated heterocycles. The number of sulfonamides is 1. The zero-order valence-electron chi connectivity index (χ0n) is 10.2. The summed E-state index contributed by atoms with van der Waals surface area (Å²) < 4.78 is 30.7. The van der Waals surface area contributed by atoms with Crippen molar-refractivity contribution < 1.29 is 12.8 Å². The lowest BCUT2D eigenvalue weighted by Gasteiger charge is -2.08. The predicted molar refractivity (Wildman–Crippen MR) is 73.7 cm³/mol. The fraction of sp³-hybridized carbons (Fsp3) is 0.167. The second-order valence-corrected chi connectivity index (χ2v) is 6.05. The number of anilines is 1. The zero-order chi connectivity index (χ0) is 13.9. The number of hydrogen-bond acceptors (Lipinski definition) is 4. The average molecular weight is 301 g/mol. The van der Waals surface area contributed by atoms with Crippen LogP contribution in [0.25, 0.3) is 0 Å². The van der Waals surface area contributed by atoms with Gasteiger partial charge in [0.05, 0.1) is 17.8 Å². The van der Waals surface area contributed by atoms with Crippen molar-refractivity contribution in [1.82, 2.24) is 4.72 Å². The average Bonchev–Trinajstić information content (AvgIpc) is 2.89. The second kappa shape index (κ2) is 5.64. The van der Waals surface area contributed by atoms with Gasteiger partial charge >= 0.3 is 0 Å². The van der Waals surface area contributed by atoms with E-state index >= 15 is 0 Å². The number of benzene rings is 1. The largest absolute Gasteiger partial charge is 0.467 e. The minimum atomic E-state index is -3.53. The van der Waals surface area contributed by atoms with Gasteiger partial charge in [0.1, 0.15) is 10.7 Å². The fourth-order valence-corrected chi connectivity index (χ4v) is 2.81. The van der Waals surface area contributed by atoms with Gasteiger partial charge in [-0.3, -0.25) is 0 Å². The highest BCUT2D eigenvalue weighted by Gasteiger charge is 2.15. The first-order valence-corrected chi connectivity index (χ1v) is 7.38. The molecule has 2 rings (SSSR count). The maximum atomic E-state index is 11.6. The number of rotatable bonds is 5. The van der Waals surface area contributed by atoms with Gasteiger partial charge in [0, 0.05) is 5.69 Å². The lowest BCUT2D eigenvalue weighted by molar-refractivity contribution is 0.518. The van der Waals surface area contributed by atoms with Gasteiger partial charge < -0.3 is 9.73 Å². The Bertz CT molecular complexity index is 654. The maximum absolute atomic E-state index is 11.6. The third kappa shape index (κ3) is 3.28. The molecule has 7 heteroatoms. The van der Waals surface area contributed by atoms with Gasteiger partial charge in [-0.15, -0.1) is 0 Å². The predicted octanol–water partition coefficient (Wildman–Crippen LogP) is 2.45. The lowest BCUT2D eigenvalue weighted by atomic mass is 10.3. The minimum absolute atomic E-state index is 0.0558. The quantitative estimate of drug-likeness (QED) is 0.890. The highest BCUT2D eigenvalue weighted by atomic mass is 35.5. The van der Waals surface area contributed by atoms with E-state index in [2.05, 4.69) is 10.0 Å². The van der Waals surface area contributed by atoms with Crippen LogP contribution in [-0.4, -0.2) is 15.5 Å². The van der Waals surface area contributed by atoms with Crippen molar-refractivity contribution in [1.29, 1.82) is 0 Å². The summed E-state index contributed by atoms with van der Waals surface area (Å²) in [6.45, 7) is 0.501. The molecule has 19 heavy (non-hydrogen) atoms. The minimum Gasteiger partial charge on any atom is -0.467 e.